The Balaban J connectivity index is 1.34. The third-order valence-electron chi connectivity index (χ3n) is 6.22. The van der Waals surface area contributed by atoms with Crippen molar-refractivity contribution in [2.75, 3.05) is 19.8 Å². The Morgan fingerprint density at radius 1 is 0.944 bits per heavy atom. The summed E-state index contributed by atoms with van der Waals surface area (Å²) in [4.78, 5) is 0. The maximum absolute atomic E-state index is 5.58. The highest BCUT2D eigenvalue weighted by Gasteiger charge is 2.47. The smallest absolute Gasteiger partial charge is 0.0619 e. The molecule has 18 heavy (non-hydrogen) atoms. The van der Waals surface area contributed by atoms with Crippen LogP contribution < -0.4 is 5.32 Å². The Morgan fingerprint density at radius 2 is 1.67 bits per heavy atom. The zero-order valence-electron chi connectivity index (χ0n) is 11.4. The van der Waals surface area contributed by atoms with Crippen molar-refractivity contribution in [2.45, 2.75) is 51.0 Å². The van der Waals surface area contributed by atoms with E-state index in [9.17, 15) is 0 Å². The van der Waals surface area contributed by atoms with E-state index in [-0.39, 0.29) is 0 Å². The normalized spacial score (nSPS) is 50.7. The van der Waals surface area contributed by atoms with Gasteiger partial charge in [-0.2, -0.15) is 0 Å². The van der Waals surface area contributed by atoms with Gasteiger partial charge in [-0.15, -0.1) is 0 Å². The first-order valence-corrected chi connectivity index (χ1v) is 8.19. The molecule has 2 nitrogen and oxygen atoms in total. The van der Waals surface area contributed by atoms with Crippen LogP contribution in [0.5, 0.6) is 0 Å². The molecule has 1 atom stereocenters. The molecule has 0 aromatic rings. The van der Waals surface area contributed by atoms with Gasteiger partial charge >= 0.3 is 0 Å². The van der Waals surface area contributed by atoms with E-state index >= 15 is 0 Å². The second-order valence-electron chi connectivity index (χ2n) is 7.42. The SMILES string of the molecule is C1COCC(NCC2C3CC4CC(C3)CC2C4)C1. The van der Waals surface area contributed by atoms with E-state index in [1.165, 1.54) is 19.4 Å². The zero-order chi connectivity index (χ0) is 11.9. The van der Waals surface area contributed by atoms with E-state index in [1.54, 1.807) is 32.1 Å². The number of hydrogen-bond acceptors (Lipinski definition) is 2. The van der Waals surface area contributed by atoms with E-state index in [0.29, 0.717) is 6.04 Å². The highest BCUT2D eigenvalue weighted by molar-refractivity contribution is 4.98. The summed E-state index contributed by atoms with van der Waals surface area (Å²) in [6.07, 6.45) is 10.4. The molecular formula is C16H27NO. The molecule has 4 bridgehead atoms. The van der Waals surface area contributed by atoms with Crippen molar-refractivity contribution in [3.8, 4) is 0 Å². The van der Waals surface area contributed by atoms with Crippen molar-refractivity contribution in [3.63, 3.8) is 0 Å². The molecule has 2 heteroatoms. The summed E-state index contributed by atoms with van der Waals surface area (Å²) >= 11 is 0. The van der Waals surface area contributed by atoms with E-state index in [1.807, 2.05) is 0 Å². The molecule has 0 radical (unpaired) electrons. The number of nitrogens with one attached hydrogen (secondary N) is 1. The van der Waals surface area contributed by atoms with Crippen LogP contribution in [0.25, 0.3) is 0 Å². The van der Waals surface area contributed by atoms with Gasteiger partial charge in [-0.1, -0.05) is 0 Å². The van der Waals surface area contributed by atoms with Gasteiger partial charge in [0.2, 0.25) is 0 Å². The molecule has 4 saturated carbocycles. The van der Waals surface area contributed by atoms with Crippen molar-refractivity contribution in [1.29, 1.82) is 0 Å². The minimum absolute atomic E-state index is 0.649. The first-order valence-electron chi connectivity index (χ1n) is 8.19. The quantitative estimate of drug-likeness (QED) is 0.830. The second kappa shape index (κ2) is 4.79. The fourth-order valence-corrected chi connectivity index (χ4v) is 5.58. The summed E-state index contributed by atoms with van der Waals surface area (Å²) in [6.45, 7) is 3.21. The fraction of sp³-hybridized carbons (Fsp3) is 1.00. The van der Waals surface area contributed by atoms with Crippen LogP contribution in [-0.4, -0.2) is 25.8 Å². The Hall–Kier alpha value is -0.0800. The molecule has 102 valence electrons. The summed E-state index contributed by atoms with van der Waals surface area (Å²) in [7, 11) is 0. The van der Waals surface area contributed by atoms with Gasteiger partial charge in [0.05, 0.1) is 6.61 Å². The Morgan fingerprint density at radius 3 is 2.28 bits per heavy atom. The van der Waals surface area contributed by atoms with Gasteiger partial charge in [0.1, 0.15) is 0 Å². The molecule has 1 unspecified atom stereocenters. The monoisotopic (exact) mass is 249 g/mol. The molecule has 1 saturated heterocycles. The minimum atomic E-state index is 0.649. The highest BCUT2D eigenvalue weighted by atomic mass is 16.5. The molecule has 1 heterocycles. The first kappa shape index (κ1) is 11.7. The average Bonchev–Trinajstić information content (AvgIpc) is 2.38. The van der Waals surface area contributed by atoms with Crippen LogP contribution in [0.2, 0.25) is 0 Å². The summed E-state index contributed by atoms with van der Waals surface area (Å²) in [5.74, 6) is 5.36. The molecule has 0 amide bonds. The molecule has 5 fully saturated rings. The van der Waals surface area contributed by atoms with E-state index in [0.717, 1.165) is 42.8 Å². The molecule has 4 aliphatic carbocycles. The van der Waals surface area contributed by atoms with E-state index < -0.39 is 0 Å². The van der Waals surface area contributed by atoms with Crippen LogP contribution in [0.4, 0.5) is 0 Å². The van der Waals surface area contributed by atoms with Gasteiger partial charge in [0, 0.05) is 12.6 Å². The predicted molar refractivity (Wildman–Crippen MR) is 72.4 cm³/mol. The lowest BCUT2D eigenvalue weighted by molar-refractivity contribution is -0.0385. The van der Waals surface area contributed by atoms with Crippen molar-refractivity contribution >= 4 is 0 Å². The molecule has 5 aliphatic rings. The van der Waals surface area contributed by atoms with Gasteiger partial charge in [0.15, 0.2) is 0 Å². The molecule has 0 aromatic heterocycles. The molecule has 1 N–H and O–H groups in total. The number of hydrogen-bond donors (Lipinski definition) is 1. The standard InChI is InChI=1S/C16H27NO/c1-2-15(10-18-3-1)17-9-16-13-5-11-4-12(7-13)8-14(16)6-11/h11-17H,1-10H2. The predicted octanol–water partition coefficient (Wildman–Crippen LogP) is 2.83. The van der Waals surface area contributed by atoms with Crippen molar-refractivity contribution < 1.29 is 4.74 Å². The molecule has 1 aliphatic heterocycles. The largest absolute Gasteiger partial charge is 0.380 e. The molecular weight excluding hydrogens is 222 g/mol. The lowest BCUT2D eigenvalue weighted by Gasteiger charge is -2.54. The summed E-state index contributed by atoms with van der Waals surface area (Å²) in [5.41, 5.74) is 0. The van der Waals surface area contributed by atoms with Gasteiger partial charge in [-0.25, -0.2) is 0 Å². The molecule has 0 aromatic carbocycles. The Kier molecular flexibility index (Phi) is 3.12. The Labute approximate surface area is 111 Å². The maximum Gasteiger partial charge on any atom is 0.0619 e. The topological polar surface area (TPSA) is 21.3 Å². The van der Waals surface area contributed by atoms with Gasteiger partial charge in [-0.05, 0) is 81.1 Å². The maximum atomic E-state index is 5.58. The Bertz CT molecular complexity index is 269. The van der Waals surface area contributed by atoms with Crippen molar-refractivity contribution in [1.82, 2.24) is 5.32 Å². The van der Waals surface area contributed by atoms with E-state index in [4.69, 9.17) is 4.74 Å². The fourth-order valence-electron chi connectivity index (χ4n) is 5.58. The lowest BCUT2D eigenvalue weighted by atomic mass is 9.52. The molecule has 0 spiro atoms. The van der Waals surface area contributed by atoms with Crippen LogP contribution in [0, 0.1) is 29.6 Å². The number of ether oxygens (including phenoxy) is 1. The van der Waals surface area contributed by atoms with Crippen molar-refractivity contribution in [2.24, 2.45) is 29.6 Å². The summed E-state index contributed by atoms with van der Waals surface area (Å²) in [6, 6.07) is 0.649. The van der Waals surface area contributed by atoms with Crippen LogP contribution in [-0.2, 0) is 4.74 Å². The number of rotatable bonds is 3. The second-order valence-corrected chi connectivity index (χ2v) is 7.42. The highest BCUT2D eigenvalue weighted by Crippen LogP contribution is 2.56. The minimum Gasteiger partial charge on any atom is -0.380 e. The first-order chi connectivity index (χ1) is 8.88. The van der Waals surface area contributed by atoms with Gasteiger partial charge < -0.3 is 10.1 Å². The third-order valence-corrected chi connectivity index (χ3v) is 6.22. The third kappa shape index (κ3) is 2.12. The van der Waals surface area contributed by atoms with Gasteiger partial charge in [0.25, 0.3) is 0 Å². The average molecular weight is 249 g/mol. The van der Waals surface area contributed by atoms with Crippen molar-refractivity contribution in [3.05, 3.63) is 0 Å². The summed E-state index contributed by atoms with van der Waals surface area (Å²) < 4.78 is 5.58. The van der Waals surface area contributed by atoms with Crippen LogP contribution in [0.15, 0.2) is 0 Å². The van der Waals surface area contributed by atoms with E-state index in [2.05, 4.69) is 5.32 Å². The molecule has 5 rings (SSSR count). The zero-order valence-corrected chi connectivity index (χ0v) is 11.4. The summed E-state index contributed by atoms with van der Waals surface area (Å²) in [5, 5.41) is 3.82. The lowest BCUT2D eigenvalue weighted by Crippen LogP contribution is -2.50. The van der Waals surface area contributed by atoms with Crippen LogP contribution in [0.3, 0.4) is 0 Å². The van der Waals surface area contributed by atoms with Crippen LogP contribution in [0.1, 0.15) is 44.9 Å². The van der Waals surface area contributed by atoms with Crippen LogP contribution >= 0.6 is 0 Å². The van der Waals surface area contributed by atoms with Gasteiger partial charge in [-0.3, -0.25) is 0 Å².